The first-order chi connectivity index (χ1) is 9.66. The van der Waals surface area contributed by atoms with Gasteiger partial charge in [0.25, 0.3) is 0 Å². The van der Waals surface area contributed by atoms with Crippen molar-refractivity contribution in [3.05, 3.63) is 41.4 Å². The van der Waals surface area contributed by atoms with E-state index in [1.54, 1.807) is 24.3 Å². The zero-order valence-electron chi connectivity index (χ0n) is 10.8. The van der Waals surface area contributed by atoms with Crippen LogP contribution in [0.5, 0.6) is 0 Å². The number of nitrogens with zero attached hydrogens (tertiary/aromatic N) is 1. The van der Waals surface area contributed by atoms with Crippen molar-refractivity contribution < 1.29 is 9.59 Å². The number of fused-ring (bicyclic) bond motifs is 1. The smallest absolute Gasteiger partial charge is 0.238 e. The molecule has 4 atom stereocenters. The molecule has 1 aromatic rings. The molecule has 4 heteroatoms. The second kappa shape index (κ2) is 4.19. The first-order valence-corrected chi connectivity index (χ1v) is 7.36. The van der Waals surface area contributed by atoms with E-state index in [0.717, 1.165) is 12.8 Å². The van der Waals surface area contributed by atoms with E-state index >= 15 is 0 Å². The number of carbonyl (C=O) groups excluding carboxylic acids is 2. The Balaban J connectivity index is 1.75. The van der Waals surface area contributed by atoms with Crippen molar-refractivity contribution in [3.63, 3.8) is 0 Å². The van der Waals surface area contributed by atoms with Gasteiger partial charge in [-0.3, -0.25) is 14.5 Å². The van der Waals surface area contributed by atoms with Gasteiger partial charge in [0.15, 0.2) is 0 Å². The van der Waals surface area contributed by atoms with Crippen molar-refractivity contribution in [1.29, 1.82) is 0 Å². The van der Waals surface area contributed by atoms with E-state index in [9.17, 15) is 9.59 Å². The molecule has 0 radical (unpaired) electrons. The number of rotatable bonds is 1. The zero-order chi connectivity index (χ0) is 13.9. The van der Waals surface area contributed by atoms with E-state index in [-0.39, 0.29) is 35.5 Å². The quantitative estimate of drug-likeness (QED) is 0.588. The number of benzene rings is 1. The monoisotopic (exact) mass is 287 g/mol. The predicted octanol–water partition coefficient (Wildman–Crippen LogP) is 3.04. The summed E-state index contributed by atoms with van der Waals surface area (Å²) in [6.45, 7) is 0. The van der Waals surface area contributed by atoms with Gasteiger partial charge in [0.05, 0.1) is 17.5 Å². The maximum atomic E-state index is 12.7. The third-order valence-electron chi connectivity index (χ3n) is 4.84. The molecule has 102 valence electrons. The number of hydrogen-bond donors (Lipinski definition) is 0. The van der Waals surface area contributed by atoms with E-state index in [2.05, 4.69) is 12.2 Å². The van der Waals surface area contributed by atoms with Gasteiger partial charge in [-0.1, -0.05) is 23.8 Å². The first-order valence-electron chi connectivity index (χ1n) is 6.98. The average Bonchev–Trinajstić information content (AvgIpc) is 2.76. The van der Waals surface area contributed by atoms with Gasteiger partial charge < -0.3 is 0 Å². The van der Waals surface area contributed by atoms with Crippen molar-refractivity contribution in [3.8, 4) is 0 Å². The summed E-state index contributed by atoms with van der Waals surface area (Å²) < 4.78 is 0. The topological polar surface area (TPSA) is 37.4 Å². The number of amides is 2. The van der Waals surface area contributed by atoms with Gasteiger partial charge in [0, 0.05) is 5.02 Å². The summed E-state index contributed by atoms with van der Waals surface area (Å²) in [5.41, 5.74) is 0.637. The molecule has 0 spiro atoms. The maximum absolute atomic E-state index is 12.7. The molecule has 2 fully saturated rings. The van der Waals surface area contributed by atoms with Crippen LogP contribution in [-0.4, -0.2) is 11.8 Å². The van der Waals surface area contributed by atoms with E-state index in [0.29, 0.717) is 10.7 Å². The van der Waals surface area contributed by atoms with Crippen LogP contribution in [0.4, 0.5) is 5.69 Å². The summed E-state index contributed by atoms with van der Waals surface area (Å²) >= 11 is 5.87. The Bertz CT molecular complexity index is 590. The van der Waals surface area contributed by atoms with Gasteiger partial charge in [-0.15, -0.1) is 0 Å². The van der Waals surface area contributed by atoms with Crippen LogP contribution in [0.1, 0.15) is 12.8 Å². The summed E-state index contributed by atoms with van der Waals surface area (Å²) in [5, 5.41) is 0.604. The van der Waals surface area contributed by atoms with Crippen LogP contribution in [-0.2, 0) is 9.59 Å². The lowest BCUT2D eigenvalue weighted by Gasteiger charge is -2.38. The molecule has 1 aromatic carbocycles. The molecule has 4 aliphatic rings. The van der Waals surface area contributed by atoms with Gasteiger partial charge in [0.2, 0.25) is 11.8 Å². The lowest BCUT2D eigenvalue weighted by Crippen LogP contribution is -2.38. The highest BCUT2D eigenvalue weighted by Crippen LogP contribution is 2.50. The summed E-state index contributed by atoms with van der Waals surface area (Å²) in [6, 6.07) is 6.91. The van der Waals surface area contributed by atoms with Crippen molar-refractivity contribution >= 4 is 29.1 Å². The summed E-state index contributed by atoms with van der Waals surface area (Å²) in [6.07, 6.45) is 6.31. The molecule has 20 heavy (non-hydrogen) atoms. The molecule has 1 aliphatic heterocycles. The van der Waals surface area contributed by atoms with Crippen LogP contribution in [0.25, 0.3) is 0 Å². The first kappa shape index (κ1) is 12.2. The summed E-state index contributed by atoms with van der Waals surface area (Å²) in [7, 11) is 0. The van der Waals surface area contributed by atoms with Crippen molar-refractivity contribution in [2.75, 3.05) is 4.90 Å². The Morgan fingerprint density at radius 2 is 1.40 bits per heavy atom. The van der Waals surface area contributed by atoms with Crippen LogP contribution >= 0.6 is 11.6 Å². The molecule has 1 saturated heterocycles. The Morgan fingerprint density at radius 3 is 1.85 bits per heavy atom. The van der Waals surface area contributed by atoms with Gasteiger partial charge in [-0.05, 0) is 48.9 Å². The number of carbonyl (C=O) groups is 2. The Labute approximate surface area is 122 Å². The minimum absolute atomic E-state index is 0.0404. The van der Waals surface area contributed by atoms with Gasteiger partial charge in [0.1, 0.15) is 0 Å². The number of imide groups is 1. The van der Waals surface area contributed by atoms with Crippen LogP contribution < -0.4 is 4.90 Å². The van der Waals surface area contributed by atoms with Crippen LogP contribution in [0.15, 0.2) is 36.4 Å². The van der Waals surface area contributed by atoms with Crippen LogP contribution in [0.2, 0.25) is 5.02 Å². The second-order valence-electron chi connectivity index (χ2n) is 5.83. The standard InChI is InChI=1S/C16H14ClNO2/c17-11-5-7-12(8-6-11)18-15(19)13-9-1-2-10(4-3-9)14(13)16(18)20/h1-2,5-10,13-14H,3-4H2/t9-,10-,13+,14+/m0/s1. The highest BCUT2D eigenvalue weighted by molar-refractivity contribution is 6.30. The largest absolute Gasteiger partial charge is 0.274 e. The van der Waals surface area contributed by atoms with E-state index in [1.807, 2.05) is 0 Å². The molecule has 0 N–H and O–H groups in total. The van der Waals surface area contributed by atoms with E-state index < -0.39 is 0 Å². The molecular formula is C16H14ClNO2. The number of hydrogen-bond acceptors (Lipinski definition) is 2. The Kier molecular flexibility index (Phi) is 2.55. The molecule has 3 nitrogen and oxygen atoms in total. The third kappa shape index (κ3) is 1.53. The number of halogens is 1. The lowest BCUT2D eigenvalue weighted by molar-refractivity contribution is -0.124. The Morgan fingerprint density at radius 1 is 0.900 bits per heavy atom. The second-order valence-corrected chi connectivity index (χ2v) is 6.27. The Hall–Kier alpha value is -1.61. The van der Waals surface area contributed by atoms with Crippen LogP contribution in [0, 0.1) is 23.7 Å². The van der Waals surface area contributed by atoms with Crippen LogP contribution in [0.3, 0.4) is 0 Å². The molecule has 2 amide bonds. The fourth-order valence-electron chi connectivity index (χ4n) is 3.92. The summed E-state index contributed by atoms with van der Waals surface area (Å²) in [4.78, 5) is 26.7. The minimum atomic E-state index is -0.151. The highest BCUT2D eigenvalue weighted by Gasteiger charge is 2.56. The molecule has 1 heterocycles. The lowest BCUT2D eigenvalue weighted by atomic mass is 9.63. The fourth-order valence-corrected chi connectivity index (χ4v) is 4.04. The zero-order valence-corrected chi connectivity index (χ0v) is 11.6. The number of anilines is 1. The average molecular weight is 288 g/mol. The molecule has 3 aliphatic carbocycles. The summed E-state index contributed by atoms with van der Waals surface area (Å²) in [5.74, 6) is 0.0871. The molecular weight excluding hydrogens is 274 g/mol. The molecule has 2 bridgehead atoms. The normalized spacial score (nSPS) is 34.8. The van der Waals surface area contributed by atoms with Gasteiger partial charge in [-0.25, -0.2) is 0 Å². The third-order valence-corrected chi connectivity index (χ3v) is 5.10. The molecule has 1 saturated carbocycles. The highest BCUT2D eigenvalue weighted by atomic mass is 35.5. The SMILES string of the molecule is O=C1[C@H]2[C@H](C(=O)N1c1ccc(Cl)cc1)[C@H]1C=C[C@H]2CC1. The van der Waals surface area contributed by atoms with E-state index in [1.165, 1.54) is 4.90 Å². The fraction of sp³-hybridized carbons (Fsp3) is 0.375. The molecule has 0 aromatic heterocycles. The molecule has 0 unspecified atom stereocenters. The van der Waals surface area contributed by atoms with Crippen molar-refractivity contribution in [2.45, 2.75) is 12.8 Å². The minimum Gasteiger partial charge on any atom is -0.274 e. The van der Waals surface area contributed by atoms with Crippen molar-refractivity contribution in [2.24, 2.45) is 23.7 Å². The van der Waals surface area contributed by atoms with Gasteiger partial charge in [-0.2, -0.15) is 0 Å². The number of allylic oxidation sites excluding steroid dienone is 2. The predicted molar refractivity (Wildman–Crippen MR) is 76.3 cm³/mol. The van der Waals surface area contributed by atoms with Gasteiger partial charge >= 0.3 is 0 Å². The van der Waals surface area contributed by atoms with E-state index in [4.69, 9.17) is 11.6 Å². The maximum Gasteiger partial charge on any atom is 0.238 e. The molecule has 5 rings (SSSR count). The van der Waals surface area contributed by atoms with Crippen molar-refractivity contribution in [1.82, 2.24) is 0 Å².